The van der Waals surface area contributed by atoms with Gasteiger partial charge in [-0.15, -0.1) is 0 Å². The molecule has 0 unspecified atom stereocenters. The number of benzene rings is 1. The first-order valence-electron chi connectivity index (χ1n) is 4.67. The van der Waals surface area contributed by atoms with Crippen LogP contribution in [0.1, 0.15) is 18.1 Å². The molecule has 0 heterocycles. The van der Waals surface area contributed by atoms with Gasteiger partial charge in [0.15, 0.2) is 0 Å². The van der Waals surface area contributed by atoms with Crippen molar-refractivity contribution in [3.8, 4) is 0 Å². The van der Waals surface area contributed by atoms with Crippen molar-refractivity contribution < 1.29 is 12.8 Å². The van der Waals surface area contributed by atoms with Gasteiger partial charge in [0.1, 0.15) is 5.82 Å². The molecule has 3 nitrogen and oxygen atoms in total. The van der Waals surface area contributed by atoms with Gasteiger partial charge in [-0.2, -0.15) is 0 Å². The second-order valence-corrected chi connectivity index (χ2v) is 5.34. The van der Waals surface area contributed by atoms with E-state index in [9.17, 15) is 12.8 Å². The minimum absolute atomic E-state index is 0.0291. The molecule has 0 saturated heterocycles. The van der Waals surface area contributed by atoms with Gasteiger partial charge in [-0.05, 0) is 31.0 Å². The predicted octanol–water partition coefficient (Wildman–Crippen LogP) is 1.57. The fourth-order valence-corrected chi connectivity index (χ4v) is 1.71. The number of hydrogen-bond acceptors (Lipinski definition) is 2. The Hall–Kier alpha value is -0.940. The summed E-state index contributed by atoms with van der Waals surface area (Å²) < 4.78 is 37.8. The van der Waals surface area contributed by atoms with E-state index in [4.69, 9.17) is 0 Å². The molecular weight excluding hydrogens is 217 g/mol. The molecule has 0 spiro atoms. The van der Waals surface area contributed by atoms with E-state index in [1.54, 1.807) is 26.0 Å². The summed E-state index contributed by atoms with van der Waals surface area (Å²) in [4.78, 5) is 0. The summed E-state index contributed by atoms with van der Waals surface area (Å²) in [5.41, 5.74) is 1.14. The largest absolute Gasteiger partial charge is 0.212 e. The summed E-state index contributed by atoms with van der Waals surface area (Å²) in [6, 6.07) is 4.63. The van der Waals surface area contributed by atoms with Crippen molar-refractivity contribution in [3.05, 3.63) is 35.1 Å². The Balaban J connectivity index is 2.79. The van der Waals surface area contributed by atoms with E-state index >= 15 is 0 Å². The Bertz CT molecular complexity index is 443. The van der Waals surface area contributed by atoms with Crippen molar-refractivity contribution >= 4 is 10.0 Å². The minimum atomic E-state index is -3.22. The van der Waals surface area contributed by atoms with Crippen LogP contribution in [0.5, 0.6) is 0 Å². The fourth-order valence-electron chi connectivity index (χ4n) is 1.13. The van der Waals surface area contributed by atoms with Gasteiger partial charge in [-0.25, -0.2) is 17.5 Å². The van der Waals surface area contributed by atoms with Crippen LogP contribution in [0.3, 0.4) is 0 Å². The van der Waals surface area contributed by atoms with Crippen LogP contribution in [0.2, 0.25) is 0 Å². The third kappa shape index (κ3) is 3.28. The first kappa shape index (κ1) is 12.1. The first-order chi connectivity index (χ1) is 6.96. The maximum absolute atomic E-state index is 13.1. The van der Waals surface area contributed by atoms with Crippen molar-refractivity contribution in [2.45, 2.75) is 20.4 Å². The average Bonchev–Trinajstić information content (AvgIpc) is 2.20. The topological polar surface area (TPSA) is 46.2 Å². The number of hydrogen-bond donors (Lipinski definition) is 1. The molecule has 0 aromatic heterocycles. The Morgan fingerprint density at radius 1 is 1.40 bits per heavy atom. The van der Waals surface area contributed by atoms with E-state index in [1.807, 2.05) is 0 Å². The van der Waals surface area contributed by atoms with Crippen LogP contribution in [0.25, 0.3) is 0 Å². The number of sulfonamides is 1. The zero-order chi connectivity index (χ0) is 11.5. The maximum atomic E-state index is 13.1. The lowest BCUT2D eigenvalue weighted by Gasteiger charge is -2.07. The molecule has 1 N–H and O–H groups in total. The summed E-state index contributed by atoms with van der Waals surface area (Å²) in [7, 11) is -3.22. The smallest absolute Gasteiger partial charge is 0.211 e. The second kappa shape index (κ2) is 4.72. The van der Waals surface area contributed by atoms with Crippen molar-refractivity contribution in [3.63, 3.8) is 0 Å². The van der Waals surface area contributed by atoms with Gasteiger partial charge in [0.25, 0.3) is 0 Å². The van der Waals surface area contributed by atoms with E-state index in [0.717, 1.165) is 0 Å². The number of rotatable bonds is 4. The zero-order valence-electron chi connectivity index (χ0n) is 8.75. The van der Waals surface area contributed by atoms with E-state index in [2.05, 4.69) is 4.72 Å². The van der Waals surface area contributed by atoms with Crippen LogP contribution in [0.4, 0.5) is 4.39 Å². The third-order valence-corrected chi connectivity index (χ3v) is 3.59. The maximum Gasteiger partial charge on any atom is 0.211 e. The number of halogens is 1. The highest BCUT2D eigenvalue weighted by molar-refractivity contribution is 7.89. The summed E-state index contributed by atoms with van der Waals surface area (Å²) in [5.74, 6) is -0.287. The molecule has 1 rings (SSSR count). The van der Waals surface area contributed by atoms with Crippen LogP contribution < -0.4 is 4.72 Å². The van der Waals surface area contributed by atoms with E-state index < -0.39 is 10.0 Å². The molecule has 0 radical (unpaired) electrons. The van der Waals surface area contributed by atoms with Crippen molar-refractivity contribution in [1.29, 1.82) is 0 Å². The van der Waals surface area contributed by atoms with Crippen LogP contribution in [-0.2, 0) is 16.6 Å². The van der Waals surface area contributed by atoms with Gasteiger partial charge in [-0.1, -0.05) is 12.1 Å². The molecule has 5 heteroatoms. The van der Waals surface area contributed by atoms with Crippen LogP contribution in [0, 0.1) is 12.7 Å². The Kier molecular flexibility index (Phi) is 3.82. The lowest BCUT2D eigenvalue weighted by atomic mass is 10.1. The summed E-state index contributed by atoms with van der Waals surface area (Å²) >= 11 is 0. The monoisotopic (exact) mass is 231 g/mol. The average molecular weight is 231 g/mol. The molecular formula is C10H14FNO2S. The second-order valence-electron chi connectivity index (χ2n) is 3.25. The van der Waals surface area contributed by atoms with E-state index in [1.165, 1.54) is 6.07 Å². The van der Waals surface area contributed by atoms with Crippen LogP contribution in [-0.4, -0.2) is 14.2 Å². The molecule has 1 aromatic carbocycles. The van der Waals surface area contributed by atoms with Gasteiger partial charge in [0, 0.05) is 6.54 Å². The highest BCUT2D eigenvalue weighted by Crippen LogP contribution is 2.11. The molecule has 0 fully saturated rings. The van der Waals surface area contributed by atoms with Crippen molar-refractivity contribution in [2.75, 3.05) is 5.75 Å². The molecule has 0 aliphatic heterocycles. The molecule has 0 bridgehead atoms. The van der Waals surface area contributed by atoms with Gasteiger partial charge in [-0.3, -0.25) is 0 Å². The van der Waals surface area contributed by atoms with Crippen LogP contribution in [0.15, 0.2) is 18.2 Å². The van der Waals surface area contributed by atoms with E-state index in [-0.39, 0.29) is 18.1 Å². The molecule has 15 heavy (non-hydrogen) atoms. The highest BCUT2D eigenvalue weighted by atomic mass is 32.2. The molecule has 0 aliphatic rings. The Labute approximate surface area is 89.4 Å². The summed E-state index contributed by atoms with van der Waals surface area (Å²) in [6.07, 6.45) is 0. The lowest BCUT2D eigenvalue weighted by molar-refractivity contribution is 0.580. The normalized spacial score (nSPS) is 11.7. The SMILES string of the molecule is CCS(=O)(=O)NCc1cccc(F)c1C. The molecule has 0 aliphatic carbocycles. The van der Waals surface area contributed by atoms with Crippen molar-refractivity contribution in [2.24, 2.45) is 0 Å². The minimum Gasteiger partial charge on any atom is -0.212 e. The lowest BCUT2D eigenvalue weighted by Crippen LogP contribution is -2.25. The van der Waals surface area contributed by atoms with Gasteiger partial charge >= 0.3 is 0 Å². The molecule has 1 aromatic rings. The number of nitrogens with one attached hydrogen (secondary N) is 1. The molecule has 84 valence electrons. The Morgan fingerprint density at radius 2 is 2.07 bits per heavy atom. The zero-order valence-corrected chi connectivity index (χ0v) is 9.57. The highest BCUT2D eigenvalue weighted by Gasteiger charge is 2.08. The summed E-state index contributed by atoms with van der Waals surface area (Å²) in [6.45, 7) is 3.32. The van der Waals surface area contributed by atoms with Gasteiger partial charge in [0.05, 0.1) is 5.75 Å². The van der Waals surface area contributed by atoms with Gasteiger partial charge in [0.2, 0.25) is 10.0 Å². The predicted molar refractivity (Wildman–Crippen MR) is 57.4 cm³/mol. The third-order valence-electron chi connectivity index (χ3n) is 2.24. The molecule has 0 atom stereocenters. The standard InChI is InChI=1S/C10H14FNO2S/c1-3-15(13,14)12-7-9-5-4-6-10(11)8(9)2/h4-6,12H,3,7H2,1-2H3. The summed E-state index contributed by atoms with van der Waals surface area (Å²) in [5, 5.41) is 0. The van der Waals surface area contributed by atoms with Gasteiger partial charge < -0.3 is 0 Å². The van der Waals surface area contributed by atoms with Crippen molar-refractivity contribution in [1.82, 2.24) is 4.72 Å². The van der Waals surface area contributed by atoms with E-state index in [0.29, 0.717) is 11.1 Å². The van der Waals surface area contributed by atoms with Crippen LogP contribution >= 0.6 is 0 Å². The quantitative estimate of drug-likeness (QED) is 0.855. The fraction of sp³-hybridized carbons (Fsp3) is 0.400. The Morgan fingerprint density at radius 3 is 2.67 bits per heavy atom. The molecule has 0 saturated carbocycles. The first-order valence-corrected chi connectivity index (χ1v) is 6.33. The molecule has 0 amide bonds.